The van der Waals surface area contributed by atoms with Crippen molar-refractivity contribution in [1.82, 2.24) is 10.0 Å². The number of halogens is 3. The summed E-state index contributed by atoms with van der Waals surface area (Å²) in [7, 11) is -3.47. The first-order valence-electron chi connectivity index (χ1n) is 8.13. The van der Waals surface area contributed by atoms with E-state index in [-0.39, 0.29) is 30.1 Å². The van der Waals surface area contributed by atoms with Gasteiger partial charge in [0.25, 0.3) is 0 Å². The fourth-order valence-corrected chi connectivity index (χ4v) is 5.26. The summed E-state index contributed by atoms with van der Waals surface area (Å²) in [5.41, 5.74) is 0.617. The van der Waals surface area contributed by atoms with E-state index in [0.29, 0.717) is 31.5 Å². The molecular formula is C17H21ClF2N2O2S2. The molecule has 1 fully saturated rings. The second-order valence-corrected chi connectivity index (χ2v) is 9.05. The molecule has 1 aromatic heterocycles. The summed E-state index contributed by atoms with van der Waals surface area (Å²) in [6.45, 7) is 1.17. The van der Waals surface area contributed by atoms with Gasteiger partial charge in [0.1, 0.15) is 0 Å². The van der Waals surface area contributed by atoms with Crippen molar-refractivity contribution in [2.24, 2.45) is 0 Å². The standard InChI is InChI=1S/C17H20F2N2O2S2.ClH/c18-15-4-3-12(10-16(15)19)14-5-7-20-11-17(14)21-25(22,23)9-6-13-2-1-8-24-13;/h1-4,8,10,14,17,20-21H,5-7,9,11H2;1H. The van der Waals surface area contributed by atoms with E-state index in [1.165, 1.54) is 17.4 Å². The Morgan fingerprint density at radius 3 is 2.73 bits per heavy atom. The van der Waals surface area contributed by atoms with E-state index >= 15 is 0 Å². The number of piperidine rings is 1. The van der Waals surface area contributed by atoms with E-state index in [4.69, 9.17) is 0 Å². The average molecular weight is 423 g/mol. The molecule has 0 bridgehead atoms. The summed E-state index contributed by atoms with van der Waals surface area (Å²) in [5.74, 6) is -1.98. The van der Waals surface area contributed by atoms with Crippen LogP contribution in [0.2, 0.25) is 0 Å². The van der Waals surface area contributed by atoms with Crippen LogP contribution >= 0.6 is 23.7 Å². The fourth-order valence-electron chi connectivity index (χ4n) is 3.10. The van der Waals surface area contributed by atoms with Crippen LogP contribution in [0.15, 0.2) is 35.7 Å². The summed E-state index contributed by atoms with van der Waals surface area (Å²) in [6.07, 6.45) is 1.12. The van der Waals surface area contributed by atoms with Crippen molar-refractivity contribution in [1.29, 1.82) is 0 Å². The van der Waals surface area contributed by atoms with E-state index in [1.807, 2.05) is 17.5 Å². The van der Waals surface area contributed by atoms with E-state index < -0.39 is 21.7 Å². The summed E-state index contributed by atoms with van der Waals surface area (Å²) < 4.78 is 54.3. The number of thiophene rings is 1. The van der Waals surface area contributed by atoms with E-state index in [9.17, 15) is 17.2 Å². The highest BCUT2D eigenvalue weighted by Gasteiger charge is 2.30. The quantitative estimate of drug-likeness (QED) is 0.752. The Labute approximate surface area is 162 Å². The zero-order valence-electron chi connectivity index (χ0n) is 14.0. The third-order valence-corrected chi connectivity index (χ3v) is 6.72. The minimum atomic E-state index is -3.47. The van der Waals surface area contributed by atoms with Crippen molar-refractivity contribution in [2.75, 3.05) is 18.8 Å². The van der Waals surface area contributed by atoms with Crippen molar-refractivity contribution >= 4 is 33.8 Å². The predicted molar refractivity (Wildman–Crippen MR) is 103 cm³/mol. The molecule has 26 heavy (non-hydrogen) atoms. The number of benzene rings is 1. The van der Waals surface area contributed by atoms with Crippen LogP contribution in [0.1, 0.15) is 22.8 Å². The van der Waals surface area contributed by atoms with Crippen LogP contribution in [-0.4, -0.2) is 33.3 Å². The van der Waals surface area contributed by atoms with Crippen molar-refractivity contribution in [3.8, 4) is 0 Å². The van der Waals surface area contributed by atoms with Gasteiger partial charge in [-0.15, -0.1) is 23.7 Å². The lowest BCUT2D eigenvalue weighted by molar-refractivity contribution is 0.376. The van der Waals surface area contributed by atoms with Crippen LogP contribution in [0.5, 0.6) is 0 Å². The van der Waals surface area contributed by atoms with Gasteiger partial charge in [-0.05, 0) is 48.5 Å². The average Bonchev–Trinajstić information content (AvgIpc) is 3.10. The molecule has 1 aliphatic heterocycles. The molecule has 1 aliphatic rings. The lowest BCUT2D eigenvalue weighted by Gasteiger charge is -2.33. The lowest BCUT2D eigenvalue weighted by Crippen LogP contribution is -2.50. The minimum Gasteiger partial charge on any atom is -0.315 e. The Bertz CT molecular complexity index is 816. The lowest BCUT2D eigenvalue weighted by atomic mass is 9.86. The van der Waals surface area contributed by atoms with E-state index in [2.05, 4.69) is 10.0 Å². The number of hydrogen-bond acceptors (Lipinski definition) is 4. The monoisotopic (exact) mass is 422 g/mol. The zero-order valence-corrected chi connectivity index (χ0v) is 16.4. The van der Waals surface area contributed by atoms with Crippen LogP contribution in [0, 0.1) is 11.6 Å². The maximum Gasteiger partial charge on any atom is 0.212 e. The molecule has 0 saturated carbocycles. The highest BCUT2D eigenvalue weighted by molar-refractivity contribution is 7.89. The molecule has 4 nitrogen and oxygen atoms in total. The predicted octanol–water partition coefficient (Wildman–Crippen LogP) is 3.06. The highest BCUT2D eigenvalue weighted by Crippen LogP contribution is 2.27. The van der Waals surface area contributed by atoms with Crippen LogP contribution in [0.4, 0.5) is 8.78 Å². The molecule has 2 atom stereocenters. The fraction of sp³-hybridized carbons (Fsp3) is 0.412. The highest BCUT2D eigenvalue weighted by atomic mass is 35.5. The largest absolute Gasteiger partial charge is 0.315 e. The Morgan fingerprint density at radius 1 is 1.23 bits per heavy atom. The Kier molecular flexibility index (Phi) is 7.54. The zero-order chi connectivity index (χ0) is 17.9. The number of aryl methyl sites for hydroxylation is 1. The molecule has 2 N–H and O–H groups in total. The third-order valence-electron chi connectivity index (χ3n) is 4.38. The van der Waals surface area contributed by atoms with E-state index in [1.54, 1.807) is 0 Å². The molecule has 1 aromatic carbocycles. The molecule has 2 unspecified atom stereocenters. The first-order chi connectivity index (χ1) is 11.9. The second kappa shape index (κ2) is 9.23. The van der Waals surface area contributed by atoms with Gasteiger partial charge in [0.05, 0.1) is 5.75 Å². The molecule has 0 spiro atoms. The molecule has 9 heteroatoms. The van der Waals surface area contributed by atoms with E-state index in [0.717, 1.165) is 17.0 Å². The maximum atomic E-state index is 13.5. The molecular weight excluding hydrogens is 402 g/mol. The van der Waals surface area contributed by atoms with Crippen LogP contribution in [0.25, 0.3) is 0 Å². The van der Waals surface area contributed by atoms with Crippen LogP contribution < -0.4 is 10.0 Å². The number of sulfonamides is 1. The minimum absolute atomic E-state index is 0. The van der Waals surface area contributed by atoms with Gasteiger partial charge in [0.15, 0.2) is 11.6 Å². The third kappa shape index (κ3) is 5.47. The Morgan fingerprint density at radius 2 is 2.04 bits per heavy atom. The summed E-state index contributed by atoms with van der Waals surface area (Å²) >= 11 is 1.53. The normalized spacial score (nSPS) is 20.5. The molecule has 2 heterocycles. The van der Waals surface area contributed by atoms with Gasteiger partial charge >= 0.3 is 0 Å². The summed E-state index contributed by atoms with van der Waals surface area (Å²) in [5, 5.41) is 5.08. The van der Waals surface area contributed by atoms with Gasteiger partial charge in [-0.2, -0.15) is 0 Å². The molecule has 0 amide bonds. The summed E-state index contributed by atoms with van der Waals surface area (Å²) in [4.78, 5) is 1.02. The van der Waals surface area contributed by atoms with Crippen molar-refractivity contribution in [3.05, 3.63) is 57.8 Å². The van der Waals surface area contributed by atoms with Gasteiger partial charge in [-0.1, -0.05) is 12.1 Å². The number of nitrogens with one attached hydrogen (secondary N) is 2. The van der Waals surface area contributed by atoms with Gasteiger partial charge in [-0.3, -0.25) is 0 Å². The number of hydrogen-bond donors (Lipinski definition) is 2. The smallest absolute Gasteiger partial charge is 0.212 e. The second-order valence-electron chi connectivity index (χ2n) is 6.15. The molecule has 144 valence electrons. The van der Waals surface area contributed by atoms with Gasteiger partial charge in [-0.25, -0.2) is 21.9 Å². The molecule has 0 radical (unpaired) electrons. The van der Waals surface area contributed by atoms with Gasteiger partial charge < -0.3 is 5.32 Å². The number of rotatable bonds is 6. The first kappa shape index (κ1) is 21.2. The van der Waals surface area contributed by atoms with Crippen molar-refractivity contribution < 1.29 is 17.2 Å². The molecule has 2 aromatic rings. The summed E-state index contributed by atoms with van der Waals surface area (Å²) in [6, 6.07) is 7.21. The van der Waals surface area contributed by atoms with Crippen LogP contribution in [-0.2, 0) is 16.4 Å². The van der Waals surface area contributed by atoms with Crippen molar-refractivity contribution in [3.63, 3.8) is 0 Å². The molecule has 0 aliphatic carbocycles. The Hall–Kier alpha value is -1.06. The first-order valence-corrected chi connectivity index (χ1v) is 10.7. The van der Waals surface area contributed by atoms with Gasteiger partial charge in [0, 0.05) is 23.4 Å². The molecule has 1 saturated heterocycles. The molecule has 3 rings (SSSR count). The van der Waals surface area contributed by atoms with Crippen molar-refractivity contribution in [2.45, 2.75) is 24.8 Å². The topological polar surface area (TPSA) is 58.2 Å². The van der Waals surface area contributed by atoms with Crippen LogP contribution in [0.3, 0.4) is 0 Å². The Balaban J connectivity index is 0.00000243. The maximum absolute atomic E-state index is 13.5. The SMILES string of the molecule is Cl.O=S(=O)(CCc1cccs1)NC1CNCCC1c1ccc(F)c(F)c1. The van der Waals surface area contributed by atoms with Gasteiger partial charge in [0.2, 0.25) is 10.0 Å².